The van der Waals surface area contributed by atoms with Crippen LogP contribution in [0, 0.1) is 0 Å². The van der Waals surface area contributed by atoms with Crippen LogP contribution >= 0.6 is 0 Å². The molecule has 0 aliphatic heterocycles. The van der Waals surface area contributed by atoms with Crippen molar-refractivity contribution < 1.29 is 0 Å². The molecule has 0 atom stereocenters. The van der Waals surface area contributed by atoms with E-state index < -0.39 is 0 Å². The molecule has 9 aromatic rings. The Kier molecular flexibility index (Phi) is 6.25. The van der Waals surface area contributed by atoms with Gasteiger partial charge in [0.25, 0.3) is 0 Å². The van der Waals surface area contributed by atoms with E-state index in [1.807, 2.05) is 0 Å². The van der Waals surface area contributed by atoms with Gasteiger partial charge in [-0.2, -0.15) is 0 Å². The molecule has 0 aromatic heterocycles. The van der Waals surface area contributed by atoms with Crippen molar-refractivity contribution in [1.82, 2.24) is 0 Å². The Morgan fingerprint density at radius 1 is 0.196 bits per heavy atom. The van der Waals surface area contributed by atoms with Crippen LogP contribution < -0.4 is 0 Å². The summed E-state index contributed by atoms with van der Waals surface area (Å²) < 4.78 is 0. The van der Waals surface area contributed by atoms with E-state index in [-0.39, 0.29) is 0 Å². The first-order valence-corrected chi connectivity index (χ1v) is 15.9. The lowest BCUT2D eigenvalue weighted by Gasteiger charge is -2.13. The SMILES string of the molecule is c1cc(-c2ccc3cc(-c4ccc(-c5ccc6ccccc6c5)cc4)ccc3c2)cc(-c2cc3ccccc3c3ccccc23)c1. The van der Waals surface area contributed by atoms with Crippen LogP contribution in [0.2, 0.25) is 0 Å². The second-order valence-electron chi connectivity index (χ2n) is 12.2. The lowest BCUT2D eigenvalue weighted by molar-refractivity contribution is 1.61. The van der Waals surface area contributed by atoms with Gasteiger partial charge in [0.1, 0.15) is 0 Å². The molecule has 0 saturated heterocycles. The Morgan fingerprint density at radius 3 is 1.30 bits per heavy atom. The van der Waals surface area contributed by atoms with Gasteiger partial charge in [0, 0.05) is 0 Å². The first kappa shape index (κ1) is 26.4. The maximum atomic E-state index is 2.34. The molecule has 0 aliphatic rings. The summed E-state index contributed by atoms with van der Waals surface area (Å²) in [6, 6.07) is 66.6. The lowest BCUT2D eigenvalue weighted by Crippen LogP contribution is -1.86. The van der Waals surface area contributed by atoms with Crippen molar-refractivity contribution in [3.8, 4) is 44.5 Å². The number of hydrogen-bond donors (Lipinski definition) is 0. The molecule has 0 heterocycles. The van der Waals surface area contributed by atoms with Crippen LogP contribution in [0.15, 0.2) is 182 Å². The minimum absolute atomic E-state index is 1.23. The molecule has 0 aliphatic carbocycles. The molecule has 0 N–H and O–H groups in total. The molecule has 9 aromatic carbocycles. The second kappa shape index (κ2) is 10.9. The van der Waals surface area contributed by atoms with Crippen LogP contribution in [0.3, 0.4) is 0 Å². The highest BCUT2D eigenvalue weighted by atomic mass is 14.1. The quantitative estimate of drug-likeness (QED) is 0.181. The minimum Gasteiger partial charge on any atom is -0.0616 e. The summed E-state index contributed by atoms with van der Waals surface area (Å²) in [5, 5.41) is 10.2. The summed E-state index contributed by atoms with van der Waals surface area (Å²) in [6.07, 6.45) is 0. The number of fused-ring (bicyclic) bond motifs is 5. The summed E-state index contributed by atoms with van der Waals surface area (Å²) in [4.78, 5) is 0. The molecule has 0 fully saturated rings. The number of benzene rings is 9. The first-order valence-electron chi connectivity index (χ1n) is 15.9. The Labute approximate surface area is 268 Å². The van der Waals surface area contributed by atoms with Gasteiger partial charge < -0.3 is 0 Å². The first-order chi connectivity index (χ1) is 22.8. The van der Waals surface area contributed by atoms with Gasteiger partial charge in [-0.3, -0.25) is 0 Å². The minimum atomic E-state index is 1.23. The van der Waals surface area contributed by atoms with E-state index in [9.17, 15) is 0 Å². The normalized spacial score (nSPS) is 11.5. The predicted octanol–water partition coefficient (Wildman–Crippen LogP) is 13.0. The predicted molar refractivity (Wildman–Crippen MR) is 198 cm³/mol. The Balaban J connectivity index is 1.03. The third kappa shape index (κ3) is 4.64. The Morgan fingerprint density at radius 2 is 0.630 bits per heavy atom. The standard InChI is InChI=1S/C46H30/c1-2-9-34-26-36(21-20-31(34)8-1)32-16-18-33(19-17-32)37-22-23-40-28-38(24-25-39(40)27-37)35-11-7-12-41(29-35)46-30-42-10-3-4-13-43(42)44-14-5-6-15-45(44)46/h1-30H. The van der Waals surface area contributed by atoms with E-state index in [4.69, 9.17) is 0 Å². The summed E-state index contributed by atoms with van der Waals surface area (Å²) in [7, 11) is 0. The molecule has 0 bridgehead atoms. The van der Waals surface area contributed by atoms with Gasteiger partial charge in [0.15, 0.2) is 0 Å². The van der Waals surface area contributed by atoms with Crippen LogP contribution in [0.5, 0.6) is 0 Å². The molecule has 0 spiro atoms. The third-order valence-electron chi connectivity index (χ3n) is 9.42. The van der Waals surface area contributed by atoms with Gasteiger partial charge in [-0.1, -0.05) is 152 Å². The van der Waals surface area contributed by atoms with E-state index >= 15 is 0 Å². The highest BCUT2D eigenvalue weighted by Gasteiger charge is 2.10. The van der Waals surface area contributed by atoms with Crippen molar-refractivity contribution in [3.05, 3.63) is 182 Å². The monoisotopic (exact) mass is 582 g/mol. The van der Waals surface area contributed by atoms with Crippen LogP contribution in [0.4, 0.5) is 0 Å². The van der Waals surface area contributed by atoms with Crippen LogP contribution in [-0.4, -0.2) is 0 Å². The van der Waals surface area contributed by atoms with E-state index in [0.717, 1.165) is 0 Å². The summed E-state index contributed by atoms with van der Waals surface area (Å²) >= 11 is 0. The second-order valence-corrected chi connectivity index (χ2v) is 12.2. The van der Waals surface area contributed by atoms with Gasteiger partial charge >= 0.3 is 0 Å². The molecule has 0 saturated carbocycles. The van der Waals surface area contributed by atoms with Gasteiger partial charge in [-0.05, 0) is 118 Å². The average molecular weight is 583 g/mol. The topological polar surface area (TPSA) is 0 Å². The molecule has 0 heteroatoms. The molecule has 9 rings (SSSR count). The fourth-order valence-corrected chi connectivity index (χ4v) is 6.99. The zero-order valence-electron chi connectivity index (χ0n) is 25.3. The van der Waals surface area contributed by atoms with Gasteiger partial charge in [-0.15, -0.1) is 0 Å². The fraction of sp³-hybridized carbons (Fsp3) is 0. The number of rotatable bonds is 4. The molecule has 0 amide bonds. The van der Waals surface area contributed by atoms with E-state index in [2.05, 4.69) is 182 Å². The van der Waals surface area contributed by atoms with E-state index in [1.165, 1.54) is 87.6 Å². The largest absolute Gasteiger partial charge is 0.0616 e. The van der Waals surface area contributed by atoms with Crippen molar-refractivity contribution in [2.75, 3.05) is 0 Å². The molecule has 0 unspecified atom stereocenters. The van der Waals surface area contributed by atoms with Crippen molar-refractivity contribution in [1.29, 1.82) is 0 Å². The zero-order chi connectivity index (χ0) is 30.5. The molecule has 46 heavy (non-hydrogen) atoms. The van der Waals surface area contributed by atoms with Gasteiger partial charge in [0.2, 0.25) is 0 Å². The summed E-state index contributed by atoms with van der Waals surface area (Å²) in [5.41, 5.74) is 9.90. The maximum Gasteiger partial charge on any atom is -0.00988 e. The molecule has 214 valence electrons. The summed E-state index contributed by atoms with van der Waals surface area (Å²) in [6.45, 7) is 0. The van der Waals surface area contributed by atoms with E-state index in [1.54, 1.807) is 0 Å². The van der Waals surface area contributed by atoms with Crippen LogP contribution in [-0.2, 0) is 0 Å². The van der Waals surface area contributed by atoms with Crippen molar-refractivity contribution in [3.63, 3.8) is 0 Å². The van der Waals surface area contributed by atoms with Crippen molar-refractivity contribution in [2.45, 2.75) is 0 Å². The molecular weight excluding hydrogens is 553 g/mol. The third-order valence-corrected chi connectivity index (χ3v) is 9.42. The molecule has 0 nitrogen and oxygen atoms in total. The molecular formula is C46H30. The van der Waals surface area contributed by atoms with E-state index in [0.29, 0.717) is 0 Å². The van der Waals surface area contributed by atoms with Crippen molar-refractivity contribution in [2.24, 2.45) is 0 Å². The van der Waals surface area contributed by atoms with Gasteiger partial charge in [-0.25, -0.2) is 0 Å². The highest BCUT2D eigenvalue weighted by Crippen LogP contribution is 2.37. The number of hydrogen-bond acceptors (Lipinski definition) is 0. The van der Waals surface area contributed by atoms with Crippen molar-refractivity contribution >= 4 is 43.1 Å². The molecule has 0 radical (unpaired) electrons. The smallest absolute Gasteiger partial charge is 0.00988 e. The Bertz CT molecular complexity index is 2570. The lowest BCUT2D eigenvalue weighted by atomic mass is 9.91. The van der Waals surface area contributed by atoms with Crippen LogP contribution in [0.1, 0.15) is 0 Å². The maximum absolute atomic E-state index is 2.34. The van der Waals surface area contributed by atoms with Gasteiger partial charge in [0.05, 0.1) is 0 Å². The fourth-order valence-electron chi connectivity index (χ4n) is 6.99. The summed E-state index contributed by atoms with van der Waals surface area (Å²) in [5.74, 6) is 0. The van der Waals surface area contributed by atoms with Crippen LogP contribution in [0.25, 0.3) is 87.6 Å². The highest BCUT2D eigenvalue weighted by molar-refractivity contribution is 6.13. The zero-order valence-corrected chi connectivity index (χ0v) is 25.3. The Hall–Kier alpha value is -5.98. The average Bonchev–Trinajstić information content (AvgIpc) is 3.14.